The van der Waals surface area contributed by atoms with Crippen LogP contribution in [0.1, 0.15) is 36.3 Å². The predicted octanol–water partition coefficient (Wildman–Crippen LogP) is 2.44. The quantitative estimate of drug-likeness (QED) is 0.876. The summed E-state index contributed by atoms with van der Waals surface area (Å²) < 4.78 is 14.1. The van der Waals surface area contributed by atoms with Gasteiger partial charge in [0.15, 0.2) is 0 Å². The van der Waals surface area contributed by atoms with Crippen LogP contribution in [0.25, 0.3) is 0 Å². The molecular formula is C15H18FN3. The number of hydrogen-bond acceptors (Lipinski definition) is 3. The fraction of sp³-hybridized carbons (Fsp3) is 0.400. The molecule has 19 heavy (non-hydrogen) atoms. The Morgan fingerprint density at radius 2 is 2.21 bits per heavy atom. The Hall–Kier alpha value is -1.84. The third-order valence-electron chi connectivity index (χ3n) is 3.94. The average molecular weight is 259 g/mol. The van der Waals surface area contributed by atoms with Crippen LogP contribution in [0.15, 0.2) is 35.2 Å². The Morgan fingerprint density at radius 1 is 1.37 bits per heavy atom. The Labute approximate surface area is 112 Å². The van der Waals surface area contributed by atoms with Crippen LogP contribution in [0.3, 0.4) is 0 Å². The van der Waals surface area contributed by atoms with E-state index in [2.05, 4.69) is 16.4 Å². The minimum atomic E-state index is -0.109. The third kappa shape index (κ3) is 2.62. The molecule has 0 bridgehead atoms. The molecule has 3 nitrogen and oxygen atoms in total. The Bertz CT molecular complexity index is 532. The Morgan fingerprint density at radius 3 is 2.79 bits per heavy atom. The summed E-state index contributed by atoms with van der Waals surface area (Å²) in [5.41, 5.74) is 7.39. The molecule has 1 saturated carbocycles. The monoisotopic (exact) mass is 259 g/mol. The van der Waals surface area contributed by atoms with Crippen LogP contribution < -0.4 is 11.1 Å². The van der Waals surface area contributed by atoms with E-state index in [4.69, 9.17) is 5.73 Å². The normalized spacial score (nSPS) is 22.6. The molecule has 0 unspecified atom stereocenters. The van der Waals surface area contributed by atoms with E-state index in [1.165, 1.54) is 19.3 Å². The van der Waals surface area contributed by atoms with Crippen molar-refractivity contribution < 1.29 is 4.39 Å². The van der Waals surface area contributed by atoms with Gasteiger partial charge in [-0.25, -0.2) is 9.38 Å². The van der Waals surface area contributed by atoms with Crippen molar-refractivity contribution in [1.82, 2.24) is 5.32 Å². The molecule has 100 valence electrons. The van der Waals surface area contributed by atoms with E-state index < -0.39 is 0 Å². The predicted molar refractivity (Wildman–Crippen MR) is 74.4 cm³/mol. The van der Waals surface area contributed by atoms with E-state index in [1.54, 1.807) is 18.5 Å². The summed E-state index contributed by atoms with van der Waals surface area (Å²) in [6.07, 6.45) is 7.63. The van der Waals surface area contributed by atoms with Crippen molar-refractivity contribution >= 4 is 6.21 Å². The van der Waals surface area contributed by atoms with Crippen molar-refractivity contribution in [2.45, 2.75) is 37.6 Å². The molecule has 1 fully saturated rings. The van der Waals surface area contributed by atoms with Crippen LogP contribution in [-0.4, -0.2) is 12.3 Å². The first-order valence-corrected chi connectivity index (χ1v) is 6.76. The maximum Gasteiger partial charge on any atom is 0.138 e. The summed E-state index contributed by atoms with van der Waals surface area (Å²) in [5.74, 6) is 0.917. The molecule has 2 aliphatic rings. The van der Waals surface area contributed by atoms with Crippen molar-refractivity contribution in [3.63, 3.8) is 0 Å². The summed E-state index contributed by atoms with van der Waals surface area (Å²) >= 11 is 0. The highest BCUT2D eigenvalue weighted by molar-refractivity contribution is 5.67. The van der Waals surface area contributed by atoms with Crippen molar-refractivity contribution in [2.75, 3.05) is 0 Å². The van der Waals surface area contributed by atoms with Gasteiger partial charge in [0, 0.05) is 18.8 Å². The molecule has 0 aromatic heterocycles. The van der Waals surface area contributed by atoms with E-state index in [0.717, 1.165) is 11.1 Å². The number of nitrogens with one attached hydrogen (secondary N) is 1. The fourth-order valence-electron chi connectivity index (χ4n) is 2.52. The number of nitrogens with two attached hydrogens (primary N) is 1. The summed E-state index contributed by atoms with van der Waals surface area (Å²) in [6, 6.07) is 5.67. The zero-order valence-corrected chi connectivity index (χ0v) is 10.8. The fourth-order valence-corrected chi connectivity index (χ4v) is 2.52. The second-order valence-corrected chi connectivity index (χ2v) is 5.30. The van der Waals surface area contributed by atoms with Gasteiger partial charge in [-0.2, -0.15) is 0 Å². The maximum absolute atomic E-state index is 14.1. The molecule has 1 aromatic rings. The second kappa shape index (κ2) is 5.03. The van der Waals surface area contributed by atoms with Crippen molar-refractivity contribution in [2.24, 2.45) is 10.7 Å². The van der Waals surface area contributed by atoms with E-state index in [0.29, 0.717) is 18.2 Å². The standard InChI is InChI=1S/C15H18FN3/c16-14-7-11(10-2-1-3-10)4-5-12(14)6-13-8-19-15(17)9-18-13/h4-5,7-10,13,18H,1-3,6,17H2/t13-/m1/s1. The highest BCUT2D eigenvalue weighted by atomic mass is 19.1. The first-order chi connectivity index (χ1) is 9.22. The van der Waals surface area contributed by atoms with Crippen molar-refractivity contribution in [3.05, 3.63) is 47.2 Å². The lowest BCUT2D eigenvalue weighted by Crippen LogP contribution is -2.32. The van der Waals surface area contributed by atoms with Crippen molar-refractivity contribution in [1.29, 1.82) is 0 Å². The largest absolute Gasteiger partial charge is 0.383 e. The van der Waals surface area contributed by atoms with Crippen LogP contribution >= 0.6 is 0 Å². The summed E-state index contributed by atoms with van der Waals surface area (Å²) in [6.45, 7) is 0. The summed E-state index contributed by atoms with van der Waals surface area (Å²) in [4.78, 5) is 4.03. The number of benzene rings is 1. The van der Waals surface area contributed by atoms with E-state index in [9.17, 15) is 4.39 Å². The minimum absolute atomic E-state index is 0.0105. The molecule has 1 aliphatic heterocycles. The lowest BCUT2D eigenvalue weighted by molar-refractivity contribution is 0.417. The average Bonchev–Trinajstić information content (AvgIpc) is 2.33. The van der Waals surface area contributed by atoms with Gasteiger partial charge >= 0.3 is 0 Å². The van der Waals surface area contributed by atoms with E-state index in [-0.39, 0.29) is 11.9 Å². The summed E-state index contributed by atoms with van der Waals surface area (Å²) in [5, 5.41) is 3.10. The number of hydrogen-bond donors (Lipinski definition) is 2. The minimum Gasteiger partial charge on any atom is -0.383 e. The molecule has 0 radical (unpaired) electrons. The molecule has 3 rings (SSSR count). The zero-order valence-electron chi connectivity index (χ0n) is 10.8. The van der Waals surface area contributed by atoms with Gasteiger partial charge in [0.2, 0.25) is 0 Å². The van der Waals surface area contributed by atoms with Gasteiger partial charge in [-0.3, -0.25) is 0 Å². The maximum atomic E-state index is 14.1. The highest BCUT2D eigenvalue weighted by Crippen LogP contribution is 2.36. The first kappa shape index (κ1) is 12.2. The molecule has 0 spiro atoms. The molecule has 1 aliphatic carbocycles. The molecule has 1 atom stereocenters. The van der Waals surface area contributed by atoms with Gasteiger partial charge < -0.3 is 11.1 Å². The first-order valence-electron chi connectivity index (χ1n) is 6.76. The zero-order chi connectivity index (χ0) is 13.2. The van der Waals surface area contributed by atoms with Gasteiger partial charge in [-0.05, 0) is 36.0 Å². The van der Waals surface area contributed by atoms with Gasteiger partial charge in [-0.1, -0.05) is 18.6 Å². The highest BCUT2D eigenvalue weighted by Gasteiger charge is 2.21. The van der Waals surface area contributed by atoms with Gasteiger partial charge in [0.05, 0.1) is 6.04 Å². The molecule has 3 N–H and O–H groups in total. The molecule has 0 amide bonds. The smallest absolute Gasteiger partial charge is 0.138 e. The molecule has 4 heteroatoms. The van der Waals surface area contributed by atoms with Crippen LogP contribution in [0.2, 0.25) is 0 Å². The molecule has 1 heterocycles. The molecule has 0 saturated heterocycles. The topological polar surface area (TPSA) is 50.4 Å². The SMILES string of the molecule is NC1=CN[C@H](Cc2ccc(C3CCC3)cc2F)C=N1. The number of halogens is 1. The van der Waals surface area contributed by atoms with Crippen LogP contribution in [0, 0.1) is 5.82 Å². The lowest BCUT2D eigenvalue weighted by Gasteiger charge is -2.26. The van der Waals surface area contributed by atoms with Gasteiger partial charge in [0.1, 0.15) is 11.6 Å². The molecular weight excluding hydrogens is 241 g/mol. The van der Waals surface area contributed by atoms with Gasteiger partial charge in [0.25, 0.3) is 0 Å². The van der Waals surface area contributed by atoms with E-state index >= 15 is 0 Å². The van der Waals surface area contributed by atoms with Crippen molar-refractivity contribution in [3.8, 4) is 0 Å². The summed E-state index contributed by atoms with van der Waals surface area (Å²) in [7, 11) is 0. The Kier molecular flexibility index (Phi) is 3.23. The molecule has 1 aromatic carbocycles. The van der Waals surface area contributed by atoms with E-state index in [1.807, 2.05) is 6.07 Å². The number of nitrogens with zero attached hydrogens (tertiary/aromatic N) is 1. The lowest BCUT2D eigenvalue weighted by atomic mass is 9.80. The second-order valence-electron chi connectivity index (χ2n) is 5.30. The third-order valence-corrected chi connectivity index (χ3v) is 3.94. The van der Waals surface area contributed by atoms with Gasteiger partial charge in [-0.15, -0.1) is 0 Å². The van der Waals surface area contributed by atoms with Crippen LogP contribution in [0.4, 0.5) is 4.39 Å². The number of rotatable bonds is 3. The number of aliphatic imine (C=N–C) groups is 1. The Balaban J connectivity index is 1.69. The van der Waals surface area contributed by atoms with Crippen LogP contribution in [-0.2, 0) is 6.42 Å². The van der Waals surface area contributed by atoms with Crippen LogP contribution in [0.5, 0.6) is 0 Å².